The van der Waals surface area contributed by atoms with E-state index in [4.69, 9.17) is 26.1 Å². The number of amides is 1. The molecule has 0 aliphatic carbocycles. The second-order valence-corrected chi connectivity index (χ2v) is 8.97. The maximum Gasteiger partial charge on any atom is 0.254 e. The van der Waals surface area contributed by atoms with Gasteiger partial charge in [-0.15, -0.1) is 0 Å². The van der Waals surface area contributed by atoms with Crippen molar-refractivity contribution in [2.45, 2.75) is 38.9 Å². The third-order valence-corrected chi connectivity index (χ3v) is 6.89. The van der Waals surface area contributed by atoms with Gasteiger partial charge in [0.1, 0.15) is 17.4 Å². The van der Waals surface area contributed by atoms with E-state index in [1.807, 2.05) is 47.7 Å². The zero-order valence-corrected chi connectivity index (χ0v) is 19.0. The molecule has 0 radical (unpaired) electrons. The molecule has 3 aromatic rings. The highest BCUT2D eigenvalue weighted by atomic mass is 35.5. The third kappa shape index (κ3) is 3.29. The van der Waals surface area contributed by atoms with Crippen molar-refractivity contribution in [1.82, 2.24) is 14.5 Å². The summed E-state index contributed by atoms with van der Waals surface area (Å²) in [6.07, 6.45) is 1.59. The first-order valence-electron chi connectivity index (χ1n) is 10.6. The summed E-state index contributed by atoms with van der Waals surface area (Å²) in [4.78, 5) is 19.9. The molecule has 2 aliphatic rings. The number of imidazole rings is 1. The fourth-order valence-electron chi connectivity index (χ4n) is 4.63. The first-order valence-corrected chi connectivity index (χ1v) is 11.0. The van der Waals surface area contributed by atoms with Crippen LogP contribution in [0.3, 0.4) is 0 Å². The largest absolute Gasteiger partial charge is 0.483 e. The van der Waals surface area contributed by atoms with Crippen LogP contribution < -0.4 is 4.74 Å². The molecule has 0 bridgehead atoms. The number of hydrogen-bond acceptors (Lipinski definition) is 4. The van der Waals surface area contributed by atoms with Crippen LogP contribution in [-0.2, 0) is 18.2 Å². The van der Waals surface area contributed by atoms with Gasteiger partial charge in [0, 0.05) is 43.4 Å². The number of fused-ring (bicyclic) bond motifs is 3. The van der Waals surface area contributed by atoms with Crippen LogP contribution >= 0.6 is 11.6 Å². The Kier molecular flexibility index (Phi) is 4.94. The summed E-state index contributed by atoms with van der Waals surface area (Å²) < 4.78 is 13.9. The molecule has 1 atom stereocenters. The molecule has 3 heterocycles. The van der Waals surface area contributed by atoms with Gasteiger partial charge in [-0.25, -0.2) is 4.98 Å². The van der Waals surface area contributed by atoms with E-state index in [2.05, 4.69) is 6.92 Å². The molecular formula is C24H26ClN3O3. The molecule has 1 amide bonds. The molecule has 0 N–H and O–H groups in total. The van der Waals surface area contributed by atoms with Crippen molar-refractivity contribution in [3.05, 3.63) is 57.4 Å². The Bertz CT molecular complexity index is 1200. The van der Waals surface area contributed by atoms with E-state index in [0.29, 0.717) is 18.7 Å². The van der Waals surface area contributed by atoms with Gasteiger partial charge in [0.2, 0.25) is 0 Å². The summed E-state index contributed by atoms with van der Waals surface area (Å²) in [6.45, 7) is 5.27. The number of benzene rings is 2. The Morgan fingerprint density at radius 3 is 2.74 bits per heavy atom. The molecule has 1 saturated heterocycles. The van der Waals surface area contributed by atoms with Gasteiger partial charge < -0.3 is 18.9 Å². The fourth-order valence-corrected chi connectivity index (χ4v) is 4.86. The van der Waals surface area contributed by atoms with Crippen molar-refractivity contribution in [1.29, 1.82) is 0 Å². The minimum atomic E-state index is -0.0949. The van der Waals surface area contributed by atoms with Gasteiger partial charge in [-0.1, -0.05) is 17.7 Å². The first-order chi connectivity index (χ1) is 14.9. The van der Waals surface area contributed by atoms with Gasteiger partial charge in [-0.05, 0) is 56.0 Å². The summed E-state index contributed by atoms with van der Waals surface area (Å²) in [5.74, 6) is 1.66. The zero-order chi connectivity index (χ0) is 21.9. The molecule has 6 nitrogen and oxygen atoms in total. The van der Waals surface area contributed by atoms with Crippen molar-refractivity contribution in [2.75, 3.05) is 20.2 Å². The van der Waals surface area contributed by atoms with Gasteiger partial charge in [0.05, 0.1) is 11.6 Å². The molecule has 0 unspecified atom stereocenters. The molecule has 162 valence electrons. The normalized spacial score (nSPS) is 18.6. The maximum atomic E-state index is 13.3. The molecule has 1 fully saturated rings. The Morgan fingerprint density at radius 2 is 2.03 bits per heavy atom. The number of nitrogens with zero attached hydrogens (tertiary/aromatic N) is 3. The lowest BCUT2D eigenvalue weighted by Gasteiger charge is -2.39. The summed E-state index contributed by atoms with van der Waals surface area (Å²) in [7, 11) is 3.66. The average Bonchev–Trinajstić information content (AvgIpc) is 3.00. The van der Waals surface area contributed by atoms with Crippen molar-refractivity contribution >= 4 is 28.5 Å². The quantitative estimate of drug-likeness (QED) is 0.607. The highest BCUT2D eigenvalue weighted by Crippen LogP contribution is 2.43. The number of rotatable bonds is 3. The number of hydrogen-bond donors (Lipinski definition) is 0. The lowest BCUT2D eigenvalue weighted by atomic mass is 9.91. The Balaban J connectivity index is 1.59. The minimum absolute atomic E-state index is 0.0371. The van der Waals surface area contributed by atoms with Crippen molar-refractivity contribution < 1.29 is 14.3 Å². The van der Waals surface area contributed by atoms with Crippen LogP contribution in [0.25, 0.3) is 11.0 Å². The summed E-state index contributed by atoms with van der Waals surface area (Å²) in [5, 5.41) is 0.719. The monoisotopic (exact) mass is 439 g/mol. The first kappa shape index (κ1) is 20.3. The van der Waals surface area contributed by atoms with E-state index in [1.54, 1.807) is 7.11 Å². The van der Waals surface area contributed by atoms with Crippen LogP contribution in [0.2, 0.25) is 5.02 Å². The van der Waals surface area contributed by atoms with Crippen LogP contribution in [0.1, 0.15) is 45.4 Å². The average molecular weight is 440 g/mol. The van der Waals surface area contributed by atoms with Crippen LogP contribution in [0.4, 0.5) is 0 Å². The number of ether oxygens (including phenoxy) is 2. The number of halogens is 1. The molecule has 0 saturated carbocycles. The summed E-state index contributed by atoms with van der Waals surface area (Å²) in [6, 6.07) is 7.88. The van der Waals surface area contributed by atoms with Gasteiger partial charge >= 0.3 is 0 Å². The number of methoxy groups -OCH3 is 1. The Morgan fingerprint density at radius 1 is 1.26 bits per heavy atom. The van der Waals surface area contributed by atoms with E-state index in [1.165, 1.54) is 0 Å². The second-order valence-electron chi connectivity index (χ2n) is 8.53. The summed E-state index contributed by atoms with van der Waals surface area (Å²) in [5.41, 5.74) is 5.63. The molecule has 31 heavy (non-hydrogen) atoms. The second kappa shape index (κ2) is 7.53. The molecule has 5 rings (SSSR count). The van der Waals surface area contributed by atoms with Gasteiger partial charge in [-0.2, -0.15) is 0 Å². The van der Waals surface area contributed by atoms with Crippen LogP contribution in [0.15, 0.2) is 24.3 Å². The number of aromatic nitrogens is 2. The Hall–Kier alpha value is -2.57. The molecular weight excluding hydrogens is 414 g/mol. The lowest BCUT2D eigenvalue weighted by Crippen LogP contribution is -2.54. The molecule has 2 aromatic carbocycles. The number of likely N-dealkylation sites (tertiary alicyclic amines) is 1. The van der Waals surface area contributed by atoms with Gasteiger partial charge in [0.25, 0.3) is 5.91 Å². The predicted molar refractivity (Wildman–Crippen MR) is 120 cm³/mol. The number of aryl methyl sites for hydroxylation is 3. The molecule has 1 aromatic heterocycles. The van der Waals surface area contributed by atoms with Crippen molar-refractivity contribution in [3.8, 4) is 5.75 Å². The standard InChI is InChI=1S/C24H26ClN3O3/c1-13-9-15(25)5-6-17(13)21-8-7-18-19(24(29)28-11-16(12-28)30-4)10-20-22(23(18)31-21)26-14(2)27(20)3/h5-6,9-10,16,21H,7-8,11-12H2,1-4H3/t21-/m0/s1. The maximum absolute atomic E-state index is 13.3. The topological polar surface area (TPSA) is 56.6 Å². The van der Waals surface area contributed by atoms with E-state index >= 15 is 0 Å². The number of carbonyl (C=O) groups excluding carboxylic acids is 1. The zero-order valence-electron chi connectivity index (χ0n) is 18.2. The number of carbonyl (C=O) groups is 1. The lowest BCUT2D eigenvalue weighted by molar-refractivity contribution is -0.0192. The fraction of sp³-hybridized carbons (Fsp3) is 0.417. The van der Waals surface area contributed by atoms with E-state index in [-0.39, 0.29) is 18.1 Å². The Labute approximate surface area is 186 Å². The van der Waals surface area contributed by atoms with Crippen LogP contribution in [0.5, 0.6) is 5.75 Å². The van der Waals surface area contributed by atoms with Crippen molar-refractivity contribution in [3.63, 3.8) is 0 Å². The molecule has 7 heteroatoms. The van der Waals surface area contributed by atoms with Gasteiger partial charge in [-0.3, -0.25) is 4.79 Å². The van der Waals surface area contributed by atoms with Crippen molar-refractivity contribution in [2.24, 2.45) is 7.05 Å². The molecule has 2 aliphatic heterocycles. The minimum Gasteiger partial charge on any atom is -0.483 e. The van der Waals surface area contributed by atoms with Crippen LogP contribution in [-0.4, -0.2) is 46.7 Å². The highest BCUT2D eigenvalue weighted by Gasteiger charge is 2.35. The predicted octanol–water partition coefficient (Wildman–Crippen LogP) is 4.38. The van der Waals surface area contributed by atoms with E-state index in [9.17, 15) is 4.79 Å². The van der Waals surface area contributed by atoms with E-state index in [0.717, 1.165) is 57.2 Å². The van der Waals surface area contributed by atoms with Gasteiger partial charge in [0.15, 0.2) is 5.75 Å². The SMILES string of the molecule is COC1CN(C(=O)c2cc3c(nc(C)n3C)c3c2CC[C@@H](c2ccc(Cl)cc2C)O3)C1. The highest BCUT2D eigenvalue weighted by molar-refractivity contribution is 6.30. The molecule has 0 spiro atoms. The van der Waals surface area contributed by atoms with Crippen LogP contribution in [0, 0.1) is 13.8 Å². The smallest absolute Gasteiger partial charge is 0.254 e. The third-order valence-electron chi connectivity index (χ3n) is 6.65. The van der Waals surface area contributed by atoms with E-state index < -0.39 is 0 Å². The summed E-state index contributed by atoms with van der Waals surface area (Å²) >= 11 is 6.16.